The van der Waals surface area contributed by atoms with Gasteiger partial charge in [-0.2, -0.15) is 0 Å². The molecule has 0 unspecified atom stereocenters. The summed E-state index contributed by atoms with van der Waals surface area (Å²) >= 11 is 0. The Morgan fingerprint density at radius 2 is 2.20 bits per heavy atom. The molecule has 4 nitrogen and oxygen atoms in total. The maximum atomic E-state index is 11.8. The molecule has 1 aromatic carbocycles. The van der Waals surface area contributed by atoms with Crippen LogP contribution in [0.5, 0.6) is 0 Å². The van der Waals surface area contributed by atoms with Gasteiger partial charge in [0.1, 0.15) is 0 Å². The SMILES string of the molecule is CC(C)OCCCNC(=O)Cc1ccc2cc[nH]c2c1. The average Bonchev–Trinajstić information content (AvgIpc) is 2.85. The van der Waals surface area contributed by atoms with Gasteiger partial charge in [0, 0.05) is 24.9 Å². The third kappa shape index (κ3) is 4.38. The molecular weight excluding hydrogens is 252 g/mol. The minimum absolute atomic E-state index is 0.0560. The van der Waals surface area contributed by atoms with E-state index in [1.54, 1.807) is 0 Å². The van der Waals surface area contributed by atoms with E-state index in [1.807, 2.05) is 44.3 Å². The Bertz CT molecular complexity index is 560. The number of hydrogen-bond donors (Lipinski definition) is 2. The van der Waals surface area contributed by atoms with Crippen LogP contribution in [0, 0.1) is 0 Å². The van der Waals surface area contributed by atoms with Gasteiger partial charge in [-0.1, -0.05) is 12.1 Å². The molecule has 1 amide bonds. The zero-order valence-electron chi connectivity index (χ0n) is 12.1. The topological polar surface area (TPSA) is 54.1 Å². The van der Waals surface area contributed by atoms with E-state index in [0.29, 0.717) is 19.6 Å². The van der Waals surface area contributed by atoms with Crippen LogP contribution < -0.4 is 5.32 Å². The molecule has 0 saturated carbocycles. The molecule has 0 aliphatic rings. The van der Waals surface area contributed by atoms with E-state index in [-0.39, 0.29) is 12.0 Å². The van der Waals surface area contributed by atoms with Crippen molar-refractivity contribution in [1.82, 2.24) is 10.3 Å². The van der Waals surface area contributed by atoms with Crippen molar-refractivity contribution >= 4 is 16.8 Å². The number of ether oxygens (including phenoxy) is 1. The van der Waals surface area contributed by atoms with E-state index in [9.17, 15) is 4.79 Å². The smallest absolute Gasteiger partial charge is 0.224 e. The van der Waals surface area contributed by atoms with Gasteiger partial charge in [-0.3, -0.25) is 4.79 Å². The highest BCUT2D eigenvalue weighted by Gasteiger charge is 2.04. The number of nitrogens with one attached hydrogen (secondary N) is 2. The number of carbonyl (C=O) groups excluding carboxylic acids is 1. The fraction of sp³-hybridized carbons (Fsp3) is 0.438. The molecule has 2 N–H and O–H groups in total. The summed E-state index contributed by atoms with van der Waals surface area (Å²) < 4.78 is 5.43. The van der Waals surface area contributed by atoms with E-state index in [1.165, 1.54) is 5.39 Å². The predicted molar refractivity (Wildman–Crippen MR) is 80.7 cm³/mol. The monoisotopic (exact) mass is 274 g/mol. The third-order valence-corrected chi connectivity index (χ3v) is 3.08. The lowest BCUT2D eigenvalue weighted by molar-refractivity contribution is -0.120. The van der Waals surface area contributed by atoms with Crippen LogP contribution >= 0.6 is 0 Å². The molecule has 2 rings (SSSR count). The second-order valence-electron chi connectivity index (χ2n) is 5.20. The fourth-order valence-corrected chi connectivity index (χ4v) is 2.07. The number of aromatic nitrogens is 1. The van der Waals surface area contributed by atoms with Crippen molar-refractivity contribution in [3.05, 3.63) is 36.0 Å². The van der Waals surface area contributed by atoms with Gasteiger partial charge in [0.05, 0.1) is 12.5 Å². The summed E-state index contributed by atoms with van der Waals surface area (Å²) in [6.07, 6.45) is 3.42. The van der Waals surface area contributed by atoms with Gasteiger partial charge in [-0.05, 0) is 43.4 Å². The number of amides is 1. The quantitative estimate of drug-likeness (QED) is 0.763. The molecule has 0 bridgehead atoms. The molecule has 0 spiro atoms. The summed E-state index contributed by atoms with van der Waals surface area (Å²) in [6, 6.07) is 8.08. The summed E-state index contributed by atoms with van der Waals surface area (Å²) in [5, 5.41) is 4.08. The molecule has 2 aromatic rings. The van der Waals surface area contributed by atoms with Gasteiger partial charge >= 0.3 is 0 Å². The van der Waals surface area contributed by atoms with Gasteiger partial charge < -0.3 is 15.0 Å². The molecule has 0 aliphatic heterocycles. The highest BCUT2D eigenvalue weighted by atomic mass is 16.5. The van der Waals surface area contributed by atoms with Crippen LogP contribution in [-0.4, -0.2) is 30.1 Å². The van der Waals surface area contributed by atoms with E-state index in [4.69, 9.17) is 4.74 Å². The summed E-state index contributed by atoms with van der Waals surface area (Å²) in [5.41, 5.74) is 2.09. The second-order valence-corrected chi connectivity index (χ2v) is 5.20. The highest BCUT2D eigenvalue weighted by Crippen LogP contribution is 2.14. The van der Waals surface area contributed by atoms with Crippen LogP contribution in [0.4, 0.5) is 0 Å². The summed E-state index contributed by atoms with van der Waals surface area (Å²) in [5.74, 6) is 0.0560. The van der Waals surface area contributed by atoms with Crippen molar-refractivity contribution in [2.75, 3.05) is 13.2 Å². The number of benzene rings is 1. The minimum atomic E-state index is 0.0560. The maximum absolute atomic E-state index is 11.8. The normalized spacial score (nSPS) is 11.2. The van der Waals surface area contributed by atoms with E-state index in [2.05, 4.69) is 10.3 Å². The molecule has 1 heterocycles. The molecule has 1 aromatic heterocycles. The molecule has 20 heavy (non-hydrogen) atoms. The first kappa shape index (κ1) is 14.6. The second kappa shape index (κ2) is 7.10. The lowest BCUT2D eigenvalue weighted by atomic mass is 10.1. The van der Waals surface area contributed by atoms with Crippen molar-refractivity contribution in [2.45, 2.75) is 32.8 Å². The Balaban J connectivity index is 1.73. The number of aromatic amines is 1. The zero-order chi connectivity index (χ0) is 14.4. The van der Waals surface area contributed by atoms with Crippen LogP contribution in [0.15, 0.2) is 30.5 Å². The van der Waals surface area contributed by atoms with Crippen LogP contribution in [0.25, 0.3) is 10.9 Å². The number of rotatable bonds is 7. The lowest BCUT2D eigenvalue weighted by Gasteiger charge is -2.08. The van der Waals surface area contributed by atoms with Gasteiger partial charge in [0.2, 0.25) is 5.91 Å². The third-order valence-electron chi connectivity index (χ3n) is 3.08. The minimum Gasteiger partial charge on any atom is -0.379 e. The Morgan fingerprint density at radius 3 is 3.00 bits per heavy atom. The van der Waals surface area contributed by atoms with Crippen molar-refractivity contribution in [3.8, 4) is 0 Å². The van der Waals surface area contributed by atoms with Crippen LogP contribution in [0.2, 0.25) is 0 Å². The number of hydrogen-bond acceptors (Lipinski definition) is 2. The van der Waals surface area contributed by atoms with Gasteiger partial charge in [-0.25, -0.2) is 0 Å². The van der Waals surface area contributed by atoms with E-state index in [0.717, 1.165) is 17.5 Å². The molecular formula is C16H22N2O2. The number of fused-ring (bicyclic) bond motifs is 1. The van der Waals surface area contributed by atoms with Crippen molar-refractivity contribution < 1.29 is 9.53 Å². The Labute approximate surface area is 119 Å². The zero-order valence-corrected chi connectivity index (χ0v) is 12.1. The van der Waals surface area contributed by atoms with E-state index >= 15 is 0 Å². The first-order chi connectivity index (χ1) is 9.65. The van der Waals surface area contributed by atoms with Gasteiger partial charge in [-0.15, -0.1) is 0 Å². The Hall–Kier alpha value is -1.81. The number of H-pyrrole nitrogens is 1. The largest absolute Gasteiger partial charge is 0.379 e. The van der Waals surface area contributed by atoms with Crippen molar-refractivity contribution in [3.63, 3.8) is 0 Å². The Kier molecular flexibility index (Phi) is 5.18. The number of carbonyl (C=O) groups is 1. The molecule has 0 radical (unpaired) electrons. The van der Waals surface area contributed by atoms with Crippen LogP contribution in [0.3, 0.4) is 0 Å². The van der Waals surface area contributed by atoms with Crippen LogP contribution in [-0.2, 0) is 16.0 Å². The van der Waals surface area contributed by atoms with Crippen molar-refractivity contribution in [1.29, 1.82) is 0 Å². The predicted octanol–water partition coefficient (Wildman–Crippen LogP) is 2.64. The molecule has 0 saturated heterocycles. The lowest BCUT2D eigenvalue weighted by Crippen LogP contribution is -2.27. The maximum Gasteiger partial charge on any atom is 0.224 e. The average molecular weight is 274 g/mol. The van der Waals surface area contributed by atoms with Crippen molar-refractivity contribution in [2.24, 2.45) is 0 Å². The fourth-order valence-electron chi connectivity index (χ4n) is 2.07. The summed E-state index contributed by atoms with van der Waals surface area (Å²) in [7, 11) is 0. The van der Waals surface area contributed by atoms with Gasteiger partial charge in [0.15, 0.2) is 0 Å². The van der Waals surface area contributed by atoms with Crippen LogP contribution in [0.1, 0.15) is 25.8 Å². The highest BCUT2D eigenvalue weighted by molar-refractivity contribution is 5.83. The molecule has 0 fully saturated rings. The summed E-state index contributed by atoms with van der Waals surface area (Å²) in [6.45, 7) is 5.37. The summed E-state index contributed by atoms with van der Waals surface area (Å²) in [4.78, 5) is 15.0. The first-order valence-electron chi connectivity index (χ1n) is 7.09. The van der Waals surface area contributed by atoms with Gasteiger partial charge in [0.25, 0.3) is 0 Å². The standard InChI is InChI=1S/C16H22N2O2/c1-12(2)20-9-3-7-18-16(19)11-13-4-5-14-6-8-17-15(14)10-13/h4-6,8,10,12,17H,3,7,9,11H2,1-2H3,(H,18,19). The van der Waals surface area contributed by atoms with E-state index < -0.39 is 0 Å². The Morgan fingerprint density at radius 1 is 1.35 bits per heavy atom. The molecule has 108 valence electrons. The first-order valence-corrected chi connectivity index (χ1v) is 7.09. The molecule has 0 aliphatic carbocycles. The molecule has 4 heteroatoms. The molecule has 0 atom stereocenters.